The van der Waals surface area contributed by atoms with Crippen LogP contribution >= 0.6 is 0 Å². The third-order valence-corrected chi connectivity index (χ3v) is 4.32. The molecule has 0 aliphatic heterocycles. The topological polar surface area (TPSA) is 20.2 Å². The van der Waals surface area contributed by atoms with Crippen LogP contribution in [0.25, 0.3) is 0 Å². The number of hydrogen-bond acceptors (Lipinski definition) is 1. The first-order chi connectivity index (χ1) is 7.04. The van der Waals surface area contributed by atoms with Crippen LogP contribution in [0.4, 0.5) is 0 Å². The van der Waals surface area contributed by atoms with E-state index in [1.54, 1.807) is 0 Å². The van der Waals surface area contributed by atoms with Gasteiger partial charge in [-0.05, 0) is 48.9 Å². The Bertz CT molecular complexity index is 236. The molecule has 96 valence electrons. The fraction of sp³-hybridized carbons (Fsp3) is 1.00. The Labute approximate surface area is 102 Å². The Morgan fingerprint density at radius 1 is 1.19 bits per heavy atom. The Morgan fingerprint density at radius 2 is 1.75 bits per heavy atom. The first kappa shape index (κ1) is 14.0. The highest BCUT2D eigenvalue weighted by atomic mass is 16.3. The van der Waals surface area contributed by atoms with Crippen LogP contribution in [0.3, 0.4) is 0 Å². The predicted octanol–water partition coefficient (Wildman–Crippen LogP) is 4.39. The summed E-state index contributed by atoms with van der Waals surface area (Å²) in [4.78, 5) is 0. The third-order valence-electron chi connectivity index (χ3n) is 4.32. The van der Waals surface area contributed by atoms with Crippen LogP contribution in [0.2, 0.25) is 0 Å². The average molecular weight is 226 g/mol. The van der Waals surface area contributed by atoms with Gasteiger partial charge in [-0.3, -0.25) is 0 Å². The van der Waals surface area contributed by atoms with E-state index in [0.717, 1.165) is 32.1 Å². The second kappa shape index (κ2) is 4.33. The normalized spacial score (nSPS) is 35.1. The van der Waals surface area contributed by atoms with E-state index in [9.17, 15) is 5.11 Å². The van der Waals surface area contributed by atoms with Crippen molar-refractivity contribution < 1.29 is 5.11 Å². The van der Waals surface area contributed by atoms with Crippen molar-refractivity contribution >= 4 is 0 Å². The van der Waals surface area contributed by atoms with Gasteiger partial charge < -0.3 is 5.11 Å². The van der Waals surface area contributed by atoms with Crippen molar-refractivity contribution in [3.8, 4) is 0 Å². The molecule has 2 atom stereocenters. The molecule has 2 unspecified atom stereocenters. The third kappa shape index (κ3) is 3.76. The molecule has 16 heavy (non-hydrogen) atoms. The molecule has 0 radical (unpaired) electrons. The highest BCUT2D eigenvalue weighted by molar-refractivity contribution is 4.94. The molecule has 1 N–H and O–H groups in total. The minimum atomic E-state index is -0.400. The largest absolute Gasteiger partial charge is 0.390 e. The van der Waals surface area contributed by atoms with Gasteiger partial charge in [0.05, 0.1) is 5.60 Å². The summed E-state index contributed by atoms with van der Waals surface area (Å²) in [6.07, 6.45) is 5.39. The van der Waals surface area contributed by atoms with Crippen LogP contribution in [0, 0.1) is 16.7 Å². The van der Waals surface area contributed by atoms with Crippen molar-refractivity contribution in [3.05, 3.63) is 0 Å². The minimum absolute atomic E-state index is 0.336. The molecule has 0 spiro atoms. The summed E-state index contributed by atoms with van der Waals surface area (Å²) in [5, 5.41) is 10.7. The van der Waals surface area contributed by atoms with Crippen molar-refractivity contribution in [2.24, 2.45) is 16.7 Å². The van der Waals surface area contributed by atoms with E-state index in [1.165, 1.54) is 0 Å². The minimum Gasteiger partial charge on any atom is -0.390 e. The van der Waals surface area contributed by atoms with Crippen molar-refractivity contribution in [2.45, 2.75) is 79.2 Å². The van der Waals surface area contributed by atoms with Gasteiger partial charge in [0.15, 0.2) is 0 Å². The Hall–Kier alpha value is -0.0400. The summed E-state index contributed by atoms with van der Waals surface area (Å²) >= 11 is 0. The van der Waals surface area contributed by atoms with E-state index < -0.39 is 5.60 Å². The van der Waals surface area contributed by atoms with Crippen LogP contribution in [-0.4, -0.2) is 10.7 Å². The molecule has 1 aliphatic carbocycles. The summed E-state index contributed by atoms with van der Waals surface area (Å²) in [6.45, 7) is 13.7. The molecule has 1 aliphatic rings. The molecule has 0 saturated heterocycles. The smallest absolute Gasteiger partial charge is 0.0673 e. The lowest BCUT2D eigenvalue weighted by molar-refractivity contribution is -0.0819. The van der Waals surface area contributed by atoms with Crippen LogP contribution in [0.1, 0.15) is 73.6 Å². The van der Waals surface area contributed by atoms with E-state index in [2.05, 4.69) is 41.5 Å². The zero-order chi connectivity index (χ0) is 12.6. The lowest BCUT2D eigenvalue weighted by atomic mass is 9.63. The summed E-state index contributed by atoms with van der Waals surface area (Å²) < 4.78 is 0. The zero-order valence-electron chi connectivity index (χ0n) is 12.1. The maximum absolute atomic E-state index is 10.7. The predicted molar refractivity (Wildman–Crippen MR) is 70.4 cm³/mol. The standard InChI is InChI=1S/C15H30O/c1-12-11-14(5,6)8-10-15(12,16)9-7-13(2,3)4/h12,16H,7-11H2,1-6H3. The van der Waals surface area contributed by atoms with Gasteiger partial charge >= 0.3 is 0 Å². The van der Waals surface area contributed by atoms with Gasteiger partial charge in [0.2, 0.25) is 0 Å². The van der Waals surface area contributed by atoms with E-state index >= 15 is 0 Å². The zero-order valence-corrected chi connectivity index (χ0v) is 12.1. The fourth-order valence-corrected chi connectivity index (χ4v) is 2.89. The quantitative estimate of drug-likeness (QED) is 0.740. The molecule has 1 saturated carbocycles. The maximum Gasteiger partial charge on any atom is 0.0673 e. The molecule has 0 aromatic rings. The first-order valence-corrected chi connectivity index (χ1v) is 6.77. The van der Waals surface area contributed by atoms with Gasteiger partial charge in [0.25, 0.3) is 0 Å². The molecule has 1 nitrogen and oxygen atoms in total. The van der Waals surface area contributed by atoms with Crippen molar-refractivity contribution in [1.82, 2.24) is 0 Å². The molecular formula is C15H30O. The Morgan fingerprint density at radius 3 is 2.19 bits per heavy atom. The van der Waals surface area contributed by atoms with Gasteiger partial charge in [-0.25, -0.2) is 0 Å². The molecular weight excluding hydrogens is 196 g/mol. The van der Waals surface area contributed by atoms with Crippen LogP contribution < -0.4 is 0 Å². The molecule has 0 amide bonds. The van der Waals surface area contributed by atoms with Crippen LogP contribution in [-0.2, 0) is 0 Å². The first-order valence-electron chi connectivity index (χ1n) is 6.77. The second-order valence-electron chi connectivity index (χ2n) is 7.93. The Balaban J connectivity index is 2.58. The molecule has 1 fully saturated rings. The fourth-order valence-electron chi connectivity index (χ4n) is 2.89. The number of hydrogen-bond donors (Lipinski definition) is 1. The van der Waals surface area contributed by atoms with E-state index in [4.69, 9.17) is 0 Å². The summed E-state index contributed by atoms with van der Waals surface area (Å²) in [6, 6.07) is 0. The molecule has 0 bridgehead atoms. The number of aliphatic hydroxyl groups is 1. The van der Waals surface area contributed by atoms with Gasteiger partial charge in [0, 0.05) is 0 Å². The van der Waals surface area contributed by atoms with E-state index in [1.807, 2.05) is 0 Å². The van der Waals surface area contributed by atoms with E-state index in [-0.39, 0.29) is 0 Å². The average Bonchev–Trinajstić information content (AvgIpc) is 2.08. The van der Waals surface area contributed by atoms with Crippen LogP contribution in [0.15, 0.2) is 0 Å². The van der Waals surface area contributed by atoms with Crippen molar-refractivity contribution in [2.75, 3.05) is 0 Å². The molecule has 0 aromatic heterocycles. The lowest BCUT2D eigenvalue weighted by Crippen LogP contribution is -2.44. The van der Waals surface area contributed by atoms with Gasteiger partial charge in [0.1, 0.15) is 0 Å². The van der Waals surface area contributed by atoms with Gasteiger partial charge in [-0.15, -0.1) is 0 Å². The van der Waals surface area contributed by atoms with Crippen LogP contribution in [0.5, 0.6) is 0 Å². The lowest BCUT2D eigenvalue weighted by Gasteiger charge is -2.46. The summed E-state index contributed by atoms with van der Waals surface area (Å²) in [5.41, 5.74) is 0.360. The van der Waals surface area contributed by atoms with Crippen molar-refractivity contribution in [1.29, 1.82) is 0 Å². The highest BCUT2D eigenvalue weighted by Gasteiger charge is 2.42. The second-order valence-corrected chi connectivity index (χ2v) is 7.93. The van der Waals surface area contributed by atoms with Gasteiger partial charge in [-0.2, -0.15) is 0 Å². The van der Waals surface area contributed by atoms with E-state index in [0.29, 0.717) is 16.7 Å². The molecule has 0 heterocycles. The molecule has 1 rings (SSSR count). The maximum atomic E-state index is 10.7. The Kier molecular flexibility index (Phi) is 3.79. The highest BCUT2D eigenvalue weighted by Crippen LogP contribution is 2.46. The molecule has 1 heteroatoms. The monoisotopic (exact) mass is 226 g/mol. The summed E-state index contributed by atoms with van der Waals surface area (Å²) in [5.74, 6) is 0.443. The SMILES string of the molecule is CC1CC(C)(C)CCC1(O)CCC(C)(C)C. The van der Waals surface area contributed by atoms with Gasteiger partial charge in [-0.1, -0.05) is 41.5 Å². The number of rotatable bonds is 2. The van der Waals surface area contributed by atoms with Crippen molar-refractivity contribution in [3.63, 3.8) is 0 Å². The molecule has 0 aromatic carbocycles. The summed E-state index contributed by atoms with van der Waals surface area (Å²) in [7, 11) is 0.